The molecule has 0 saturated heterocycles. The second-order valence-corrected chi connectivity index (χ2v) is 5.22. The van der Waals surface area contributed by atoms with Crippen LogP contribution in [0.25, 0.3) is 0 Å². The van der Waals surface area contributed by atoms with Crippen molar-refractivity contribution in [2.75, 3.05) is 11.9 Å². The summed E-state index contributed by atoms with van der Waals surface area (Å²) in [5.41, 5.74) is 1.51. The second kappa shape index (κ2) is 5.42. The summed E-state index contributed by atoms with van der Waals surface area (Å²) < 4.78 is 0.475. The van der Waals surface area contributed by atoms with Gasteiger partial charge >= 0.3 is 0 Å². The molecule has 0 aromatic carbocycles. The summed E-state index contributed by atoms with van der Waals surface area (Å²) >= 11 is 4.86. The summed E-state index contributed by atoms with van der Waals surface area (Å²) in [5, 5.41) is 12.3. The molecule has 0 bridgehead atoms. The van der Waals surface area contributed by atoms with E-state index in [-0.39, 0.29) is 5.56 Å². The number of halogens is 1. The van der Waals surface area contributed by atoms with Crippen LogP contribution in [0.15, 0.2) is 20.8 Å². The SMILES string of the molecule is Cc1csc(CCNc2cn[nH]c(=O)c2Br)n1. The lowest BCUT2D eigenvalue weighted by Crippen LogP contribution is -2.13. The van der Waals surface area contributed by atoms with Crippen molar-refractivity contribution >= 4 is 33.0 Å². The van der Waals surface area contributed by atoms with Crippen LogP contribution in [0.4, 0.5) is 5.69 Å². The summed E-state index contributed by atoms with van der Waals surface area (Å²) in [6.45, 7) is 2.70. The van der Waals surface area contributed by atoms with Crippen molar-refractivity contribution in [3.8, 4) is 0 Å². The highest BCUT2D eigenvalue weighted by atomic mass is 79.9. The Bertz CT molecular complexity index is 565. The molecule has 0 radical (unpaired) electrons. The summed E-state index contributed by atoms with van der Waals surface area (Å²) in [7, 11) is 0. The normalized spacial score (nSPS) is 10.5. The lowest BCUT2D eigenvalue weighted by molar-refractivity contribution is 0.951. The van der Waals surface area contributed by atoms with Gasteiger partial charge in [0, 0.05) is 24.0 Å². The van der Waals surface area contributed by atoms with E-state index in [1.807, 2.05) is 12.3 Å². The van der Waals surface area contributed by atoms with Gasteiger partial charge < -0.3 is 5.32 Å². The molecule has 17 heavy (non-hydrogen) atoms. The highest BCUT2D eigenvalue weighted by Crippen LogP contribution is 2.15. The third-order valence-corrected chi connectivity index (χ3v) is 3.93. The number of aromatic nitrogens is 3. The smallest absolute Gasteiger partial charge is 0.280 e. The van der Waals surface area contributed by atoms with Crippen LogP contribution in [0, 0.1) is 6.92 Å². The van der Waals surface area contributed by atoms with Crippen molar-refractivity contribution in [3.05, 3.63) is 37.1 Å². The molecule has 0 aliphatic rings. The minimum absolute atomic E-state index is 0.236. The fourth-order valence-electron chi connectivity index (χ4n) is 1.33. The van der Waals surface area contributed by atoms with Crippen LogP contribution in [0.5, 0.6) is 0 Å². The standard InChI is InChI=1S/C10H11BrN4OS/c1-6-5-17-8(14-6)2-3-12-7-4-13-15-10(16)9(7)11/h4-5H,2-3H2,1H3,(H2,12,15,16). The van der Waals surface area contributed by atoms with Gasteiger partial charge in [0.1, 0.15) is 4.47 Å². The van der Waals surface area contributed by atoms with Gasteiger partial charge in [-0.25, -0.2) is 10.1 Å². The van der Waals surface area contributed by atoms with E-state index in [1.54, 1.807) is 17.5 Å². The van der Waals surface area contributed by atoms with Crippen LogP contribution in [-0.4, -0.2) is 21.7 Å². The zero-order valence-electron chi connectivity index (χ0n) is 9.16. The first-order valence-corrected chi connectivity index (χ1v) is 6.72. The van der Waals surface area contributed by atoms with E-state index in [1.165, 1.54) is 0 Å². The predicted molar refractivity (Wildman–Crippen MR) is 71.6 cm³/mol. The van der Waals surface area contributed by atoms with E-state index >= 15 is 0 Å². The molecule has 0 aliphatic heterocycles. The second-order valence-electron chi connectivity index (χ2n) is 3.49. The number of thiazole rings is 1. The number of H-pyrrole nitrogens is 1. The zero-order valence-corrected chi connectivity index (χ0v) is 11.6. The highest BCUT2D eigenvalue weighted by Gasteiger charge is 2.04. The van der Waals surface area contributed by atoms with Crippen molar-refractivity contribution in [1.82, 2.24) is 15.2 Å². The van der Waals surface area contributed by atoms with E-state index in [9.17, 15) is 4.79 Å². The summed E-state index contributed by atoms with van der Waals surface area (Å²) in [6, 6.07) is 0. The summed E-state index contributed by atoms with van der Waals surface area (Å²) in [5.74, 6) is 0. The molecule has 0 aliphatic carbocycles. The molecule has 2 heterocycles. The van der Waals surface area contributed by atoms with Gasteiger partial charge in [0.05, 0.1) is 16.9 Å². The molecular weight excluding hydrogens is 304 g/mol. The van der Waals surface area contributed by atoms with Gasteiger partial charge in [-0.15, -0.1) is 11.3 Å². The first kappa shape index (κ1) is 12.3. The van der Waals surface area contributed by atoms with Crippen LogP contribution < -0.4 is 10.9 Å². The Morgan fingerprint density at radius 3 is 3.12 bits per heavy atom. The van der Waals surface area contributed by atoms with Gasteiger partial charge in [-0.3, -0.25) is 4.79 Å². The largest absolute Gasteiger partial charge is 0.382 e. The van der Waals surface area contributed by atoms with E-state index in [4.69, 9.17) is 0 Å². The number of nitrogens with zero attached hydrogens (tertiary/aromatic N) is 2. The van der Waals surface area contributed by atoms with Crippen molar-refractivity contribution in [3.63, 3.8) is 0 Å². The molecule has 5 nitrogen and oxygen atoms in total. The molecule has 90 valence electrons. The first-order chi connectivity index (χ1) is 8.16. The van der Waals surface area contributed by atoms with Gasteiger partial charge in [-0.2, -0.15) is 5.10 Å². The molecule has 0 saturated carbocycles. The van der Waals surface area contributed by atoms with Crippen molar-refractivity contribution in [1.29, 1.82) is 0 Å². The number of aromatic amines is 1. The van der Waals surface area contributed by atoms with E-state index in [0.717, 1.165) is 23.7 Å². The maximum atomic E-state index is 11.3. The molecule has 0 fully saturated rings. The Kier molecular flexibility index (Phi) is 3.90. The number of nitrogens with one attached hydrogen (secondary N) is 2. The van der Waals surface area contributed by atoms with Crippen LogP contribution in [0.1, 0.15) is 10.7 Å². The van der Waals surface area contributed by atoms with Crippen molar-refractivity contribution in [2.24, 2.45) is 0 Å². The minimum atomic E-state index is -0.236. The Morgan fingerprint density at radius 2 is 2.41 bits per heavy atom. The van der Waals surface area contributed by atoms with Crippen LogP contribution >= 0.6 is 27.3 Å². The minimum Gasteiger partial charge on any atom is -0.382 e. The lowest BCUT2D eigenvalue weighted by Gasteiger charge is -2.05. The van der Waals surface area contributed by atoms with Crippen molar-refractivity contribution in [2.45, 2.75) is 13.3 Å². The average Bonchev–Trinajstić information content (AvgIpc) is 2.70. The van der Waals surface area contributed by atoms with E-state index in [2.05, 4.69) is 36.4 Å². The fraction of sp³-hybridized carbons (Fsp3) is 0.300. The fourth-order valence-corrected chi connectivity index (χ4v) is 2.44. The third kappa shape index (κ3) is 3.13. The number of anilines is 1. The third-order valence-electron chi connectivity index (χ3n) is 2.12. The number of rotatable bonds is 4. The maximum absolute atomic E-state index is 11.3. The van der Waals surface area contributed by atoms with Crippen LogP contribution in [0.3, 0.4) is 0 Å². The molecule has 2 rings (SSSR count). The molecule has 0 unspecified atom stereocenters. The molecule has 7 heteroatoms. The van der Waals surface area contributed by atoms with Gasteiger partial charge in [0.15, 0.2) is 0 Å². The molecular formula is C10H11BrN4OS. The molecule has 0 amide bonds. The van der Waals surface area contributed by atoms with Gasteiger partial charge in [0.2, 0.25) is 0 Å². The highest BCUT2D eigenvalue weighted by molar-refractivity contribution is 9.10. The number of hydrogen-bond acceptors (Lipinski definition) is 5. The number of aryl methyl sites for hydroxylation is 1. The van der Waals surface area contributed by atoms with Crippen molar-refractivity contribution < 1.29 is 0 Å². The topological polar surface area (TPSA) is 70.7 Å². The Hall–Kier alpha value is -1.21. The molecule has 2 N–H and O–H groups in total. The zero-order chi connectivity index (χ0) is 12.3. The average molecular weight is 315 g/mol. The lowest BCUT2D eigenvalue weighted by atomic mass is 10.4. The molecule has 0 atom stereocenters. The molecule has 2 aromatic rings. The first-order valence-electron chi connectivity index (χ1n) is 5.05. The Labute approximate surface area is 110 Å². The molecule has 2 aromatic heterocycles. The van der Waals surface area contributed by atoms with Crippen LogP contribution in [-0.2, 0) is 6.42 Å². The molecule has 0 spiro atoms. The monoisotopic (exact) mass is 314 g/mol. The summed E-state index contributed by atoms with van der Waals surface area (Å²) in [4.78, 5) is 15.6. The number of hydrogen-bond donors (Lipinski definition) is 2. The Morgan fingerprint density at radius 1 is 1.59 bits per heavy atom. The predicted octanol–water partition coefficient (Wildman–Crippen LogP) is 1.95. The van der Waals surface area contributed by atoms with E-state index < -0.39 is 0 Å². The van der Waals surface area contributed by atoms with Gasteiger partial charge in [-0.05, 0) is 22.9 Å². The van der Waals surface area contributed by atoms with Gasteiger partial charge in [0.25, 0.3) is 5.56 Å². The van der Waals surface area contributed by atoms with E-state index in [0.29, 0.717) is 10.2 Å². The quantitative estimate of drug-likeness (QED) is 0.905. The van der Waals surface area contributed by atoms with Gasteiger partial charge in [-0.1, -0.05) is 0 Å². The van der Waals surface area contributed by atoms with Crippen LogP contribution in [0.2, 0.25) is 0 Å². The summed E-state index contributed by atoms with van der Waals surface area (Å²) in [6.07, 6.45) is 2.41. The maximum Gasteiger partial charge on any atom is 0.280 e. The Balaban J connectivity index is 1.94.